The molecule has 0 saturated carbocycles. The van der Waals surface area contributed by atoms with Crippen molar-refractivity contribution in [3.05, 3.63) is 0 Å². The summed E-state index contributed by atoms with van der Waals surface area (Å²) in [6.07, 6.45) is 4.15. The number of rotatable bonds is 4. The van der Waals surface area contributed by atoms with Crippen LogP contribution in [0.2, 0.25) is 0 Å². The topological polar surface area (TPSA) is 0 Å². The van der Waals surface area contributed by atoms with Crippen LogP contribution in [0, 0.1) is 5.92 Å². The van der Waals surface area contributed by atoms with E-state index in [-0.39, 0.29) is 0 Å². The van der Waals surface area contributed by atoms with Gasteiger partial charge in [0.1, 0.15) is 0 Å². The molecule has 10 heavy (non-hydrogen) atoms. The van der Waals surface area contributed by atoms with E-state index in [2.05, 4.69) is 36.4 Å². The quantitative estimate of drug-likeness (QED) is 0.520. The summed E-state index contributed by atoms with van der Waals surface area (Å²) >= 11 is 2.44. The Morgan fingerprint density at radius 1 is 1.20 bits per heavy atom. The van der Waals surface area contributed by atoms with Gasteiger partial charge < -0.3 is 0 Å². The molecule has 0 radical (unpaired) electrons. The molecule has 0 saturated heterocycles. The van der Waals surface area contributed by atoms with Gasteiger partial charge in [0.2, 0.25) is 0 Å². The van der Waals surface area contributed by atoms with Gasteiger partial charge in [-0.15, -0.1) is 0 Å². The lowest BCUT2D eigenvalue weighted by molar-refractivity contribution is 0.516. The lowest BCUT2D eigenvalue weighted by Crippen LogP contribution is -1.92. The molecule has 64 valence electrons. The average Bonchev–Trinajstić information content (AvgIpc) is 1.93. The molecule has 0 bridgehead atoms. The Kier molecular flexibility index (Phi) is 16.5. The first kappa shape index (κ1) is 13.3. The molecule has 0 aliphatic rings. The average molecular weight is 256 g/mol. The standard InChI is InChI=1S/C7H15I.C2H6/c1-3-4-7(2)5-6-8;1-2/h7H,3-6H2,1-2H3;1-2H3. The van der Waals surface area contributed by atoms with E-state index < -0.39 is 0 Å². The second kappa shape index (κ2) is 12.4. The van der Waals surface area contributed by atoms with Crippen LogP contribution in [0.1, 0.15) is 47.0 Å². The molecule has 0 rings (SSSR count). The third kappa shape index (κ3) is 11.5. The number of halogens is 1. The molecule has 0 N–H and O–H groups in total. The molecular formula is C9H21I. The maximum absolute atomic E-state index is 2.44. The Balaban J connectivity index is 0. The van der Waals surface area contributed by atoms with E-state index in [0.717, 1.165) is 5.92 Å². The zero-order chi connectivity index (χ0) is 8.41. The second-order valence-corrected chi connectivity index (χ2v) is 3.45. The van der Waals surface area contributed by atoms with Crippen molar-refractivity contribution < 1.29 is 0 Å². The van der Waals surface area contributed by atoms with Crippen molar-refractivity contribution in [3.63, 3.8) is 0 Å². The predicted molar refractivity (Wildman–Crippen MR) is 58.9 cm³/mol. The Bertz CT molecular complexity index is 38.0. The van der Waals surface area contributed by atoms with Crippen molar-refractivity contribution >= 4 is 22.6 Å². The molecule has 0 aromatic heterocycles. The minimum Gasteiger partial charge on any atom is -0.0864 e. The van der Waals surface area contributed by atoms with Gasteiger partial charge in [0.05, 0.1) is 0 Å². The zero-order valence-electron chi connectivity index (χ0n) is 7.78. The maximum Gasteiger partial charge on any atom is -0.000219 e. The van der Waals surface area contributed by atoms with E-state index in [1.165, 1.54) is 23.7 Å². The highest BCUT2D eigenvalue weighted by Crippen LogP contribution is 2.10. The van der Waals surface area contributed by atoms with E-state index in [1.807, 2.05) is 13.8 Å². The van der Waals surface area contributed by atoms with E-state index in [1.54, 1.807) is 0 Å². The summed E-state index contributed by atoms with van der Waals surface area (Å²) in [6, 6.07) is 0. The summed E-state index contributed by atoms with van der Waals surface area (Å²) in [6.45, 7) is 8.59. The molecule has 0 aliphatic carbocycles. The van der Waals surface area contributed by atoms with Gasteiger partial charge in [-0.25, -0.2) is 0 Å². The van der Waals surface area contributed by atoms with Crippen LogP contribution in [-0.2, 0) is 0 Å². The Labute approximate surface area is 79.9 Å². The van der Waals surface area contributed by atoms with Gasteiger partial charge >= 0.3 is 0 Å². The number of alkyl halides is 1. The lowest BCUT2D eigenvalue weighted by Gasteiger charge is -2.04. The van der Waals surface area contributed by atoms with E-state index in [4.69, 9.17) is 0 Å². The molecule has 1 unspecified atom stereocenters. The van der Waals surface area contributed by atoms with Gasteiger partial charge in [-0.05, 0) is 16.8 Å². The largest absolute Gasteiger partial charge is 0.0864 e. The molecule has 0 aliphatic heterocycles. The van der Waals surface area contributed by atoms with Crippen molar-refractivity contribution in [1.82, 2.24) is 0 Å². The maximum atomic E-state index is 2.44. The van der Waals surface area contributed by atoms with Crippen LogP contribution in [0.4, 0.5) is 0 Å². The highest BCUT2D eigenvalue weighted by molar-refractivity contribution is 14.1. The summed E-state index contributed by atoms with van der Waals surface area (Å²) in [7, 11) is 0. The van der Waals surface area contributed by atoms with Gasteiger partial charge in [0, 0.05) is 0 Å². The van der Waals surface area contributed by atoms with Crippen molar-refractivity contribution in [1.29, 1.82) is 0 Å². The number of hydrogen-bond donors (Lipinski definition) is 0. The molecule has 1 heteroatoms. The monoisotopic (exact) mass is 256 g/mol. The molecule has 0 heterocycles. The van der Waals surface area contributed by atoms with Crippen LogP contribution >= 0.6 is 22.6 Å². The van der Waals surface area contributed by atoms with Gasteiger partial charge in [0.25, 0.3) is 0 Å². The first-order valence-corrected chi connectivity index (χ1v) is 5.89. The fraction of sp³-hybridized carbons (Fsp3) is 1.00. The smallest absolute Gasteiger partial charge is 0.000219 e. The third-order valence-corrected chi connectivity index (χ3v) is 2.01. The molecule has 0 amide bonds. The van der Waals surface area contributed by atoms with E-state index in [0.29, 0.717) is 0 Å². The first-order valence-electron chi connectivity index (χ1n) is 4.37. The Morgan fingerprint density at radius 3 is 2.00 bits per heavy atom. The predicted octanol–water partition coefficient (Wildman–Crippen LogP) is 4.27. The highest BCUT2D eigenvalue weighted by atomic mass is 127. The SMILES string of the molecule is CC.CCCC(C)CCI. The minimum atomic E-state index is 0.955. The zero-order valence-corrected chi connectivity index (χ0v) is 9.94. The van der Waals surface area contributed by atoms with Gasteiger partial charge in [0.15, 0.2) is 0 Å². The summed E-state index contributed by atoms with van der Waals surface area (Å²) in [5.74, 6) is 0.955. The van der Waals surface area contributed by atoms with Crippen molar-refractivity contribution in [2.45, 2.75) is 47.0 Å². The van der Waals surface area contributed by atoms with Crippen LogP contribution in [0.25, 0.3) is 0 Å². The summed E-state index contributed by atoms with van der Waals surface area (Å²) in [4.78, 5) is 0. The van der Waals surface area contributed by atoms with Crippen molar-refractivity contribution in [2.24, 2.45) is 5.92 Å². The minimum absolute atomic E-state index is 0.955. The summed E-state index contributed by atoms with van der Waals surface area (Å²) in [5.41, 5.74) is 0. The van der Waals surface area contributed by atoms with Crippen LogP contribution in [0.3, 0.4) is 0 Å². The molecule has 0 fully saturated rings. The molecular weight excluding hydrogens is 235 g/mol. The fourth-order valence-electron chi connectivity index (χ4n) is 0.823. The van der Waals surface area contributed by atoms with Crippen molar-refractivity contribution in [2.75, 3.05) is 4.43 Å². The van der Waals surface area contributed by atoms with E-state index >= 15 is 0 Å². The molecule has 0 nitrogen and oxygen atoms in total. The highest BCUT2D eigenvalue weighted by Gasteiger charge is 1.96. The Hall–Kier alpha value is 0.730. The normalized spacial score (nSPS) is 11.7. The molecule has 1 atom stereocenters. The van der Waals surface area contributed by atoms with Gasteiger partial charge in [-0.2, -0.15) is 0 Å². The molecule has 0 aromatic carbocycles. The second-order valence-electron chi connectivity index (χ2n) is 2.37. The van der Waals surface area contributed by atoms with Crippen molar-refractivity contribution in [3.8, 4) is 0 Å². The first-order chi connectivity index (χ1) is 4.81. The van der Waals surface area contributed by atoms with Gasteiger partial charge in [-0.3, -0.25) is 0 Å². The molecule has 0 aromatic rings. The number of hydrogen-bond acceptors (Lipinski definition) is 0. The summed E-state index contributed by atoms with van der Waals surface area (Å²) < 4.78 is 1.32. The Morgan fingerprint density at radius 2 is 1.70 bits per heavy atom. The summed E-state index contributed by atoms with van der Waals surface area (Å²) in [5, 5.41) is 0. The lowest BCUT2D eigenvalue weighted by atomic mass is 10.0. The van der Waals surface area contributed by atoms with E-state index in [9.17, 15) is 0 Å². The van der Waals surface area contributed by atoms with Crippen LogP contribution in [0.5, 0.6) is 0 Å². The van der Waals surface area contributed by atoms with Crippen LogP contribution < -0.4 is 0 Å². The van der Waals surface area contributed by atoms with Gasteiger partial charge in [-0.1, -0.05) is 63.1 Å². The van der Waals surface area contributed by atoms with Crippen LogP contribution in [0.15, 0.2) is 0 Å². The fourth-order valence-corrected chi connectivity index (χ4v) is 1.89. The molecule has 0 spiro atoms. The third-order valence-electron chi connectivity index (χ3n) is 1.38. The van der Waals surface area contributed by atoms with Crippen LogP contribution in [-0.4, -0.2) is 4.43 Å².